The van der Waals surface area contributed by atoms with Gasteiger partial charge in [0.1, 0.15) is 5.75 Å². The average Bonchev–Trinajstić information content (AvgIpc) is 2.52. The summed E-state index contributed by atoms with van der Waals surface area (Å²) in [5, 5.41) is 11.1. The Hall–Kier alpha value is -1.42. The highest BCUT2D eigenvalue weighted by molar-refractivity contribution is 7.89. The van der Waals surface area contributed by atoms with E-state index in [2.05, 4.69) is 4.72 Å². The van der Waals surface area contributed by atoms with Crippen molar-refractivity contribution >= 4 is 28.1 Å². The molecule has 1 rings (SSSR count). The third kappa shape index (κ3) is 4.77. The van der Waals surface area contributed by atoms with Crippen LogP contribution in [0.2, 0.25) is 0 Å². The molecule has 0 radical (unpaired) electrons. The Morgan fingerprint density at radius 2 is 1.91 bits per heavy atom. The third-order valence-electron chi connectivity index (χ3n) is 3.75. The number of nitrogens with two attached hydrogens (primary N) is 1. The second kappa shape index (κ2) is 8.44. The number of nitro groups is 1. The lowest BCUT2D eigenvalue weighted by molar-refractivity contribution is -0.387. The number of rotatable bonds is 8. The van der Waals surface area contributed by atoms with E-state index in [1.54, 1.807) is 13.8 Å². The average molecular weight is 368 g/mol. The Kier molecular flexibility index (Phi) is 7.92. The van der Waals surface area contributed by atoms with Crippen LogP contribution in [0.3, 0.4) is 0 Å². The fourth-order valence-electron chi connectivity index (χ4n) is 2.06. The van der Waals surface area contributed by atoms with Crippen molar-refractivity contribution in [2.24, 2.45) is 5.73 Å². The lowest BCUT2D eigenvalue weighted by Crippen LogP contribution is -2.52. The van der Waals surface area contributed by atoms with Gasteiger partial charge in [-0.05, 0) is 25.0 Å². The lowest BCUT2D eigenvalue weighted by atomic mass is 9.95. The summed E-state index contributed by atoms with van der Waals surface area (Å²) in [6, 6.07) is 3.60. The van der Waals surface area contributed by atoms with Gasteiger partial charge in [0.2, 0.25) is 10.0 Å². The zero-order valence-corrected chi connectivity index (χ0v) is 14.9. The molecule has 0 fully saturated rings. The van der Waals surface area contributed by atoms with Gasteiger partial charge in [-0.1, -0.05) is 13.8 Å². The SMILES string of the molecule is CCC(CC)(CN)NS(=O)(=O)c1ccc(OC)cc1[N+](=O)[O-].Cl. The Morgan fingerprint density at radius 3 is 2.30 bits per heavy atom. The normalized spacial score (nSPS) is 11.7. The quantitative estimate of drug-likeness (QED) is 0.533. The number of nitrogens with zero attached hydrogens (tertiary/aromatic N) is 1. The van der Waals surface area contributed by atoms with Gasteiger partial charge in [0.15, 0.2) is 4.90 Å². The van der Waals surface area contributed by atoms with Crippen molar-refractivity contribution in [3.05, 3.63) is 28.3 Å². The topological polar surface area (TPSA) is 125 Å². The zero-order valence-electron chi connectivity index (χ0n) is 13.2. The minimum absolute atomic E-state index is 0. The predicted octanol–water partition coefficient (Wildman–Crippen LogP) is 1.82. The van der Waals surface area contributed by atoms with Crippen molar-refractivity contribution < 1.29 is 18.1 Å². The molecule has 10 heteroatoms. The van der Waals surface area contributed by atoms with E-state index in [1.165, 1.54) is 13.2 Å². The highest BCUT2D eigenvalue weighted by atomic mass is 35.5. The van der Waals surface area contributed by atoms with E-state index in [0.717, 1.165) is 12.1 Å². The van der Waals surface area contributed by atoms with Crippen LogP contribution in [0.15, 0.2) is 23.1 Å². The highest BCUT2D eigenvalue weighted by Crippen LogP contribution is 2.29. The molecule has 1 aromatic rings. The van der Waals surface area contributed by atoms with Crippen molar-refractivity contribution in [3.63, 3.8) is 0 Å². The second-order valence-electron chi connectivity index (χ2n) is 4.89. The number of nitro benzene ring substituents is 1. The van der Waals surface area contributed by atoms with Gasteiger partial charge in [-0.3, -0.25) is 10.1 Å². The maximum atomic E-state index is 12.5. The standard InChI is InChI=1S/C13H21N3O5S.ClH/c1-4-13(5-2,9-14)15-22(19,20)12-7-6-10(21-3)8-11(12)16(17)18;/h6-8,15H,4-5,9,14H2,1-3H3;1H. The van der Waals surface area contributed by atoms with Gasteiger partial charge in [0, 0.05) is 12.1 Å². The summed E-state index contributed by atoms with van der Waals surface area (Å²) in [6.07, 6.45) is 0.951. The van der Waals surface area contributed by atoms with Gasteiger partial charge in [0.25, 0.3) is 5.69 Å². The first-order valence-corrected chi connectivity index (χ1v) is 8.30. The molecule has 0 aliphatic rings. The molecule has 0 spiro atoms. The predicted molar refractivity (Wildman–Crippen MR) is 89.6 cm³/mol. The molecule has 0 aliphatic heterocycles. The number of sulfonamides is 1. The van der Waals surface area contributed by atoms with Gasteiger partial charge in [-0.2, -0.15) is 0 Å². The van der Waals surface area contributed by atoms with Crippen molar-refractivity contribution in [1.29, 1.82) is 0 Å². The van der Waals surface area contributed by atoms with E-state index < -0.39 is 31.1 Å². The van der Waals surface area contributed by atoms with Crippen molar-refractivity contribution in [3.8, 4) is 5.75 Å². The number of ether oxygens (including phenoxy) is 1. The Labute approximate surface area is 142 Å². The summed E-state index contributed by atoms with van der Waals surface area (Å²) in [5.41, 5.74) is 4.31. The van der Waals surface area contributed by atoms with Crippen LogP contribution in [0, 0.1) is 10.1 Å². The van der Waals surface area contributed by atoms with Crippen LogP contribution in [0.25, 0.3) is 0 Å². The fraction of sp³-hybridized carbons (Fsp3) is 0.538. The number of hydrogen-bond donors (Lipinski definition) is 2. The van der Waals surface area contributed by atoms with E-state index >= 15 is 0 Å². The number of halogens is 1. The molecule has 0 amide bonds. The summed E-state index contributed by atoms with van der Waals surface area (Å²) in [6.45, 7) is 3.71. The van der Waals surface area contributed by atoms with Gasteiger partial charge in [-0.15, -0.1) is 12.4 Å². The molecule has 0 unspecified atom stereocenters. The first-order valence-electron chi connectivity index (χ1n) is 6.81. The van der Waals surface area contributed by atoms with E-state index in [0.29, 0.717) is 12.8 Å². The largest absolute Gasteiger partial charge is 0.497 e. The van der Waals surface area contributed by atoms with Crippen molar-refractivity contribution in [1.82, 2.24) is 4.72 Å². The summed E-state index contributed by atoms with van der Waals surface area (Å²) < 4.78 is 32.5. The molecule has 0 bridgehead atoms. The molecule has 3 N–H and O–H groups in total. The summed E-state index contributed by atoms with van der Waals surface area (Å²) in [5.74, 6) is 0.210. The first-order chi connectivity index (χ1) is 10.2. The molecular weight excluding hydrogens is 346 g/mol. The maximum Gasteiger partial charge on any atom is 0.293 e. The smallest absolute Gasteiger partial charge is 0.293 e. The van der Waals surface area contributed by atoms with Gasteiger partial charge >= 0.3 is 0 Å². The van der Waals surface area contributed by atoms with Gasteiger partial charge in [0.05, 0.1) is 18.1 Å². The monoisotopic (exact) mass is 367 g/mol. The molecule has 1 aromatic carbocycles. The Bertz CT molecular complexity index is 639. The van der Waals surface area contributed by atoms with Crippen molar-refractivity contribution in [2.45, 2.75) is 37.1 Å². The van der Waals surface area contributed by atoms with Crippen LogP contribution in [0.1, 0.15) is 26.7 Å². The van der Waals surface area contributed by atoms with E-state index in [9.17, 15) is 18.5 Å². The van der Waals surface area contributed by atoms with E-state index in [4.69, 9.17) is 10.5 Å². The Morgan fingerprint density at radius 1 is 1.35 bits per heavy atom. The summed E-state index contributed by atoms with van der Waals surface area (Å²) in [4.78, 5) is 9.99. The molecular formula is C13H22ClN3O5S. The van der Waals surface area contributed by atoms with Crippen LogP contribution in [0.5, 0.6) is 5.75 Å². The molecule has 0 aliphatic carbocycles. The molecule has 0 aromatic heterocycles. The zero-order chi connectivity index (χ0) is 17.0. The molecule has 0 atom stereocenters. The maximum absolute atomic E-state index is 12.5. The van der Waals surface area contributed by atoms with Gasteiger partial charge < -0.3 is 10.5 Å². The number of benzene rings is 1. The van der Waals surface area contributed by atoms with Crippen LogP contribution in [-0.4, -0.2) is 32.5 Å². The number of hydrogen-bond acceptors (Lipinski definition) is 6. The molecule has 23 heavy (non-hydrogen) atoms. The van der Waals surface area contributed by atoms with Gasteiger partial charge in [-0.25, -0.2) is 13.1 Å². The van der Waals surface area contributed by atoms with E-state index in [-0.39, 0.29) is 24.7 Å². The molecule has 0 heterocycles. The molecule has 0 saturated heterocycles. The lowest BCUT2D eigenvalue weighted by Gasteiger charge is -2.30. The summed E-state index contributed by atoms with van der Waals surface area (Å²) >= 11 is 0. The number of methoxy groups -OCH3 is 1. The second-order valence-corrected chi connectivity index (χ2v) is 6.54. The minimum atomic E-state index is -4.08. The molecule has 132 valence electrons. The highest BCUT2D eigenvalue weighted by Gasteiger charge is 2.34. The van der Waals surface area contributed by atoms with Crippen LogP contribution < -0.4 is 15.2 Å². The molecule has 0 saturated carbocycles. The molecule has 8 nitrogen and oxygen atoms in total. The first kappa shape index (κ1) is 21.6. The fourth-order valence-corrected chi connectivity index (χ4v) is 3.77. The Balaban J connectivity index is 0.00000484. The van der Waals surface area contributed by atoms with Crippen LogP contribution in [0.4, 0.5) is 5.69 Å². The van der Waals surface area contributed by atoms with Crippen molar-refractivity contribution in [2.75, 3.05) is 13.7 Å². The minimum Gasteiger partial charge on any atom is -0.497 e. The van der Waals surface area contributed by atoms with Crippen LogP contribution >= 0.6 is 12.4 Å². The van der Waals surface area contributed by atoms with Crippen LogP contribution in [-0.2, 0) is 10.0 Å². The third-order valence-corrected chi connectivity index (χ3v) is 5.37. The summed E-state index contributed by atoms with van der Waals surface area (Å²) in [7, 11) is -2.74. The van der Waals surface area contributed by atoms with E-state index in [1.807, 2.05) is 0 Å². The number of nitrogens with one attached hydrogen (secondary N) is 1.